The van der Waals surface area contributed by atoms with Crippen molar-refractivity contribution in [2.24, 2.45) is 15.7 Å². The molecule has 0 atom stereocenters. The van der Waals surface area contributed by atoms with E-state index in [9.17, 15) is 4.79 Å². The quantitative estimate of drug-likeness (QED) is 0.384. The fourth-order valence-corrected chi connectivity index (χ4v) is 0.528. The Morgan fingerprint density at radius 2 is 2.31 bits per heavy atom. The molecule has 0 spiro atoms. The van der Waals surface area contributed by atoms with E-state index in [-0.39, 0.29) is 18.3 Å². The summed E-state index contributed by atoms with van der Waals surface area (Å²) in [6.45, 7) is 6.85. The minimum Gasteiger partial charge on any atom is -0.460 e. The molecule has 0 saturated heterocycles. The highest BCUT2D eigenvalue weighted by atomic mass is 16.5. The Morgan fingerprint density at radius 1 is 1.69 bits per heavy atom. The van der Waals surface area contributed by atoms with Crippen molar-refractivity contribution in [3.63, 3.8) is 0 Å². The first-order chi connectivity index (χ1) is 6.15. The molecule has 0 aliphatic rings. The number of carbonyl (C=O) groups excluding carboxylic acids is 1. The van der Waals surface area contributed by atoms with Crippen molar-refractivity contribution in [3.05, 3.63) is 11.9 Å². The lowest BCUT2D eigenvalue weighted by Gasteiger charge is -1.99. The normalized spacial score (nSPS) is 12.5. The highest BCUT2D eigenvalue weighted by Gasteiger charge is 2.09. The van der Waals surface area contributed by atoms with E-state index in [0.717, 1.165) is 0 Å². The second-order valence-electron chi connectivity index (χ2n) is 2.03. The summed E-state index contributed by atoms with van der Waals surface area (Å²) in [6, 6.07) is 0. The largest absolute Gasteiger partial charge is 0.460 e. The molecule has 0 bridgehead atoms. The topological polar surface area (TPSA) is 77.0 Å². The second-order valence-corrected chi connectivity index (χ2v) is 2.03. The van der Waals surface area contributed by atoms with Crippen LogP contribution < -0.4 is 5.73 Å². The summed E-state index contributed by atoms with van der Waals surface area (Å²) < 4.78 is 4.65. The summed E-state index contributed by atoms with van der Waals surface area (Å²) in [4.78, 5) is 18.1. The van der Waals surface area contributed by atoms with E-state index in [1.165, 1.54) is 0 Å². The number of allylic oxidation sites excluding steroid dienone is 1. The molecule has 0 saturated carbocycles. The Balaban J connectivity index is 4.59. The average Bonchev–Trinajstić information content (AvgIpc) is 2.14. The number of hydrogen-bond donors (Lipinski definition) is 1. The van der Waals surface area contributed by atoms with Crippen molar-refractivity contribution in [2.75, 3.05) is 6.61 Å². The van der Waals surface area contributed by atoms with Crippen LogP contribution in [-0.4, -0.2) is 25.1 Å². The molecule has 5 heteroatoms. The molecule has 0 aliphatic carbocycles. The molecule has 72 valence electrons. The average molecular weight is 183 g/mol. The maximum Gasteiger partial charge on any atom is 0.376 e. The molecular weight excluding hydrogens is 170 g/mol. The Morgan fingerprint density at radius 3 is 2.69 bits per heavy atom. The van der Waals surface area contributed by atoms with Gasteiger partial charge in [-0.15, -0.1) is 0 Å². The first-order valence-electron chi connectivity index (χ1n) is 3.80. The summed E-state index contributed by atoms with van der Waals surface area (Å²) in [5, 5.41) is 0. The highest BCUT2D eigenvalue weighted by Crippen LogP contribution is 1.92. The van der Waals surface area contributed by atoms with E-state index < -0.39 is 5.97 Å². The summed E-state index contributed by atoms with van der Waals surface area (Å²) in [5.74, 6) is -0.546. The molecular formula is C8H13N3O2. The third-order valence-corrected chi connectivity index (χ3v) is 1.14. The van der Waals surface area contributed by atoms with E-state index in [4.69, 9.17) is 5.73 Å². The number of nitrogens with two attached hydrogens (primary N) is 1. The zero-order valence-corrected chi connectivity index (χ0v) is 7.78. The van der Waals surface area contributed by atoms with Gasteiger partial charge in [0.15, 0.2) is 0 Å². The van der Waals surface area contributed by atoms with Gasteiger partial charge in [-0.25, -0.2) is 14.8 Å². The van der Waals surface area contributed by atoms with Crippen molar-refractivity contribution >= 4 is 18.5 Å². The van der Waals surface area contributed by atoms with Crippen LogP contribution in [0.25, 0.3) is 0 Å². The van der Waals surface area contributed by atoms with Crippen LogP contribution in [-0.2, 0) is 9.53 Å². The molecule has 0 aromatic carbocycles. The summed E-state index contributed by atoms with van der Waals surface area (Å²) >= 11 is 0. The Kier molecular flexibility index (Phi) is 5.18. The molecule has 0 fully saturated rings. The number of rotatable bonds is 2. The number of carbonyl (C=O) groups is 1. The van der Waals surface area contributed by atoms with Gasteiger partial charge in [0.25, 0.3) is 0 Å². The molecule has 0 amide bonds. The third-order valence-electron chi connectivity index (χ3n) is 1.14. The lowest BCUT2D eigenvalue weighted by atomic mass is 10.5. The molecule has 2 N–H and O–H groups in total. The van der Waals surface area contributed by atoms with Crippen LogP contribution in [0.2, 0.25) is 0 Å². The van der Waals surface area contributed by atoms with Crippen molar-refractivity contribution in [1.29, 1.82) is 0 Å². The number of nitrogens with zero attached hydrogens (tertiary/aromatic N) is 2. The van der Waals surface area contributed by atoms with E-state index in [2.05, 4.69) is 21.4 Å². The molecule has 13 heavy (non-hydrogen) atoms. The number of aliphatic imine (C=N–C) groups is 2. The van der Waals surface area contributed by atoms with Gasteiger partial charge in [0.05, 0.1) is 6.61 Å². The van der Waals surface area contributed by atoms with Gasteiger partial charge < -0.3 is 10.5 Å². The van der Waals surface area contributed by atoms with Crippen molar-refractivity contribution in [2.45, 2.75) is 13.8 Å². The van der Waals surface area contributed by atoms with E-state index in [1.807, 2.05) is 0 Å². The minimum atomic E-state index is -0.623. The zero-order chi connectivity index (χ0) is 10.3. The standard InChI is InChI=1S/C8H13N3O2/c1-4-6(9)11-7(10-3)8(12)13-5-2/h4H,3,5,9H2,1-2H3/b6-4-,11-7?. The van der Waals surface area contributed by atoms with Crippen LogP contribution in [0.1, 0.15) is 13.8 Å². The predicted molar refractivity (Wildman–Crippen MR) is 51.6 cm³/mol. The lowest BCUT2D eigenvalue weighted by Crippen LogP contribution is -2.16. The van der Waals surface area contributed by atoms with Crippen LogP contribution in [0.5, 0.6) is 0 Å². The maximum absolute atomic E-state index is 11.1. The number of esters is 1. The Labute approximate surface area is 77.0 Å². The monoisotopic (exact) mass is 183 g/mol. The number of hydrogen-bond acceptors (Lipinski definition) is 4. The van der Waals surface area contributed by atoms with Crippen molar-refractivity contribution in [3.8, 4) is 0 Å². The van der Waals surface area contributed by atoms with Gasteiger partial charge in [-0.2, -0.15) is 0 Å². The minimum absolute atomic E-state index is 0.127. The molecule has 0 heterocycles. The molecule has 0 radical (unpaired) electrons. The molecule has 0 rings (SSSR count). The van der Waals surface area contributed by atoms with Crippen molar-refractivity contribution < 1.29 is 9.53 Å². The van der Waals surface area contributed by atoms with Gasteiger partial charge in [0, 0.05) is 0 Å². The summed E-state index contributed by atoms with van der Waals surface area (Å²) in [6.07, 6.45) is 1.55. The first-order valence-corrected chi connectivity index (χ1v) is 3.80. The maximum atomic E-state index is 11.1. The molecule has 0 aromatic heterocycles. The van der Waals surface area contributed by atoms with Crippen LogP contribution in [0.3, 0.4) is 0 Å². The fraction of sp³-hybridized carbons (Fsp3) is 0.375. The van der Waals surface area contributed by atoms with Gasteiger partial charge in [-0.05, 0) is 26.6 Å². The van der Waals surface area contributed by atoms with E-state index in [1.54, 1.807) is 19.9 Å². The van der Waals surface area contributed by atoms with E-state index >= 15 is 0 Å². The van der Waals surface area contributed by atoms with Gasteiger partial charge in [-0.1, -0.05) is 0 Å². The first kappa shape index (κ1) is 11.4. The zero-order valence-electron chi connectivity index (χ0n) is 7.78. The Hall–Kier alpha value is -1.65. The molecule has 0 unspecified atom stereocenters. The van der Waals surface area contributed by atoms with Crippen LogP contribution in [0.15, 0.2) is 21.9 Å². The predicted octanol–water partition coefficient (Wildman–Crippen LogP) is 0.469. The second kappa shape index (κ2) is 5.93. The molecule has 5 nitrogen and oxygen atoms in total. The van der Waals surface area contributed by atoms with Gasteiger partial charge in [0.1, 0.15) is 5.82 Å². The van der Waals surface area contributed by atoms with Gasteiger partial charge >= 0.3 is 5.97 Å². The van der Waals surface area contributed by atoms with Crippen molar-refractivity contribution in [1.82, 2.24) is 0 Å². The fourth-order valence-electron chi connectivity index (χ4n) is 0.528. The summed E-state index contributed by atoms with van der Waals surface area (Å²) in [7, 11) is 0. The van der Waals surface area contributed by atoms with Crippen LogP contribution >= 0.6 is 0 Å². The van der Waals surface area contributed by atoms with Gasteiger partial charge in [0.2, 0.25) is 5.84 Å². The Bertz CT molecular complexity index is 256. The molecule has 0 aliphatic heterocycles. The van der Waals surface area contributed by atoms with Gasteiger partial charge in [-0.3, -0.25) is 0 Å². The third kappa shape index (κ3) is 4.05. The lowest BCUT2D eigenvalue weighted by molar-refractivity contribution is -0.135. The van der Waals surface area contributed by atoms with Crippen LogP contribution in [0, 0.1) is 0 Å². The highest BCUT2D eigenvalue weighted by molar-refractivity contribution is 6.36. The smallest absolute Gasteiger partial charge is 0.376 e. The molecule has 0 aromatic rings. The van der Waals surface area contributed by atoms with E-state index in [0.29, 0.717) is 0 Å². The SMILES string of the molecule is C=NC(=N/C(N)=C\C)C(=O)OCC. The number of ether oxygens (including phenoxy) is 1. The summed E-state index contributed by atoms with van der Waals surface area (Å²) in [5.41, 5.74) is 5.36. The number of amidine groups is 1. The van der Waals surface area contributed by atoms with Crippen LogP contribution in [0.4, 0.5) is 0 Å².